The average molecular weight is 324 g/mol. The molecule has 2 N–H and O–H groups in total. The number of carbonyl (C=O) groups excluding carboxylic acids is 2. The Balaban J connectivity index is 1.69. The summed E-state index contributed by atoms with van der Waals surface area (Å²) in [6.07, 6.45) is 1.40. The van der Waals surface area contributed by atoms with Gasteiger partial charge in [-0.05, 0) is 25.2 Å². The van der Waals surface area contributed by atoms with E-state index < -0.39 is 0 Å². The summed E-state index contributed by atoms with van der Waals surface area (Å²) in [4.78, 5) is 30.0. The molecule has 22 heavy (non-hydrogen) atoms. The summed E-state index contributed by atoms with van der Waals surface area (Å²) in [5.74, 6) is 0.798. The van der Waals surface area contributed by atoms with E-state index >= 15 is 0 Å². The van der Waals surface area contributed by atoms with Gasteiger partial charge in [0, 0.05) is 24.2 Å². The average Bonchev–Trinajstić information content (AvgIpc) is 2.80. The van der Waals surface area contributed by atoms with Crippen LogP contribution >= 0.6 is 11.3 Å². The maximum atomic E-state index is 11.9. The lowest BCUT2D eigenvalue weighted by atomic mass is 9.92. The number of hydrazine groups is 1. The van der Waals surface area contributed by atoms with E-state index in [1.165, 1.54) is 17.8 Å². The van der Waals surface area contributed by atoms with Gasteiger partial charge in [-0.1, -0.05) is 13.8 Å². The van der Waals surface area contributed by atoms with Crippen molar-refractivity contribution >= 4 is 23.2 Å². The molecular formula is C15H24N4O2S. The second kappa shape index (κ2) is 7.69. The number of nitrogens with zero attached hydrogens (tertiary/aromatic N) is 2. The molecule has 2 rings (SSSR count). The van der Waals surface area contributed by atoms with Crippen LogP contribution in [-0.4, -0.2) is 41.3 Å². The molecule has 2 amide bonds. The molecule has 1 aromatic rings. The Morgan fingerprint density at radius 2 is 1.91 bits per heavy atom. The van der Waals surface area contributed by atoms with Crippen molar-refractivity contribution in [3.63, 3.8) is 0 Å². The molecule has 0 saturated carbocycles. The number of rotatable bonds is 4. The van der Waals surface area contributed by atoms with Crippen LogP contribution in [0.3, 0.4) is 0 Å². The van der Waals surface area contributed by atoms with Gasteiger partial charge in [0.2, 0.25) is 5.91 Å². The summed E-state index contributed by atoms with van der Waals surface area (Å²) in [5, 5.41) is 2.66. The number of aromatic nitrogens is 1. The Labute approximate surface area is 135 Å². The number of likely N-dealkylation sites (tertiary alicyclic amines) is 1. The Morgan fingerprint density at radius 3 is 2.50 bits per heavy atom. The van der Waals surface area contributed by atoms with Gasteiger partial charge >= 0.3 is 0 Å². The number of aryl methyl sites for hydroxylation is 1. The summed E-state index contributed by atoms with van der Waals surface area (Å²) in [6, 6.07) is 0. The third kappa shape index (κ3) is 5.38. The van der Waals surface area contributed by atoms with Crippen molar-refractivity contribution in [1.29, 1.82) is 0 Å². The number of carbonyl (C=O) groups is 2. The summed E-state index contributed by atoms with van der Waals surface area (Å²) < 4.78 is 0. The number of amides is 2. The third-order valence-corrected chi connectivity index (χ3v) is 4.60. The molecule has 2 atom stereocenters. The zero-order valence-electron chi connectivity index (χ0n) is 13.4. The zero-order valence-corrected chi connectivity index (χ0v) is 14.2. The molecule has 0 bridgehead atoms. The van der Waals surface area contributed by atoms with Crippen molar-refractivity contribution in [1.82, 2.24) is 20.7 Å². The molecule has 0 aromatic carbocycles. The smallest absolute Gasteiger partial charge is 0.252 e. The molecule has 0 unspecified atom stereocenters. The molecule has 1 aliphatic heterocycles. The van der Waals surface area contributed by atoms with Crippen LogP contribution in [0.1, 0.15) is 31.0 Å². The summed E-state index contributed by atoms with van der Waals surface area (Å²) in [7, 11) is 0. The monoisotopic (exact) mass is 324 g/mol. The number of nitrogens with one attached hydrogen (secondary N) is 2. The normalized spacial score (nSPS) is 22.3. The molecule has 6 nitrogen and oxygen atoms in total. The minimum Gasteiger partial charge on any atom is -0.294 e. The molecule has 0 aliphatic carbocycles. The van der Waals surface area contributed by atoms with Gasteiger partial charge in [0.25, 0.3) is 5.91 Å². The fraction of sp³-hybridized carbons (Fsp3) is 0.667. The van der Waals surface area contributed by atoms with Crippen molar-refractivity contribution in [2.75, 3.05) is 19.6 Å². The van der Waals surface area contributed by atoms with E-state index in [1.807, 2.05) is 12.3 Å². The van der Waals surface area contributed by atoms with Crippen LogP contribution < -0.4 is 10.9 Å². The number of thiazole rings is 1. The van der Waals surface area contributed by atoms with Crippen molar-refractivity contribution in [2.45, 2.75) is 33.6 Å². The van der Waals surface area contributed by atoms with E-state index in [1.54, 1.807) is 0 Å². The van der Waals surface area contributed by atoms with E-state index in [0.29, 0.717) is 18.4 Å². The zero-order chi connectivity index (χ0) is 16.1. The van der Waals surface area contributed by atoms with Gasteiger partial charge in [-0.15, -0.1) is 11.3 Å². The predicted molar refractivity (Wildman–Crippen MR) is 86.2 cm³/mol. The molecule has 1 aromatic heterocycles. The maximum absolute atomic E-state index is 11.9. The fourth-order valence-electron chi connectivity index (χ4n) is 2.97. The number of hydrogen-bond donors (Lipinski definition) is 2. The van der Waals surface area contributed by atoms with Gasteiger partial charge in [0.05, 0.1) is 13.0 Å². The van der Waals surface area contributed by atoms with Crippen molar-refractivity contribution < 1.29 is 9.59 Å². The highest BCUT2D eigenvalue weighted by molar-refractivity contribution is 7.09. The van der Waals surface area contributed by atoms with Crippen LogP contribution in [0.4, 0.5) is 0 Å². The second-order valence-corrected chi connectivity index (χ2v) is 7.24. The highest BCUT2D eigenvalue weighted by Crippen LogP contribution is 2.20. The van der Waals surface area contributed by atoms with Gasteiger partial charge in [0.15, 0.2) is 0 Å². The van der Waals surface area contributed by atoms with Gasteiger partial charge < -0.3 is 0 Å². The molecular weight excluding hydrogens is 300 g/mol. The van der Waals surface area contributed by atoms with Crippen LogP contribution in [0.15, 0.2) is 5.38 Å². The number of hydrogen-bond acceptors (Lipinski definition) is 5. The van der Waals surface area contributed by atoms with Crippen molar-refractivity contribution in [3.8, 4) is 0 Å². The SMILES string of the molecule is Cc1csc(CC(=O)NNC(=O)CN2C[C@@H](C)C[C@H](C)C2)n1. The third-order valence-electron chi connectivity index (χ3n) is 3.63. The van der Waals surface area contributed by atoms with Crippen LogP contribution in [0.25, 0.3) is 0 Å². The van der Waals surface area contributed by atoms with Gasteiger partial charge in [-0.25, -0.2) is 4.98 Å². The lowest BCUT2D eigenvalue weighted by Gasteiger charge is -2.34. The van der Waals surface area contributed by atoms with Crippen LogP contribution in [-0.2, 0) is 16.0 Å². The Kier molecular flexibility index (Phi) is 5.90. The van der Waals surface area contributed by atoms with E-state index in [9.17, 15) is 9.59 Å². The standard InChI is InChI=1S/C15H24N4O2S/c1-10-4-11(2)7-19(6-10)8-14(21)18-17-13(20)5-15-16-12(3)9-22-15/h9-11H,4-8H2,1-3H3,(H,17,20)(H,18,21)/t10-,11-/m0/s1. The highest BCUT2D eigenvalue weighted by Gasteiger charge is 2.23. The first-order valence-corrected chi connectivity index (χ1v) is 8.51. The molecule has 7 heteroatoms. The van der Waals surface area contributed by atoms with Gasteiger partial charge in [-0.3, -0.25) is 25.3 Å². The predicted octanol–water partition coefficient (Wildman–Crippen LogP) is 1.12. The van der Waals surface area contributed by atoms with Crippen LogP contribution in [0.5, 0.6) is 0 Å². The Morgan fingerprint density at radius 1 is 1.27 bits per heavy atom. The first kappa shape index (κ1) is 16.9. The maximum Gasteiger partial charge on any atom is 0.252 e. The molecule has 0 spiro atoms. The van der Waals surface area contributed by atoms with Gasteiger partial charge in [-0.2, -0.15) is 0 Å². The summed E-state index contributed by atoms with van der Waals surface area (Å²) in [5.41, 5.74) is 5.84. The van der Waals surface area contributed by atoms with E-state index in [-0.39, 0.29) is 18.2 Å². The Hall–Kier alpha value is -1.47. The van der Waals surface area contributed by atoms with Crippen molar-refractivity contribution in [2.24, 2.45) is 11.8 Å². The summed E-state index contributed by atoms with van der Waals surface area (Å²) in [6.45, 7) is 8.50. The highest BCUT2D eigenvalue weighted by atomic mass is 32.1. The van der Waals surface area contributed by atoms with Crippen LogP contribution in [0.2, 0.25) is 0 Å². The lowest BCUT2D eigenvalue weighted by Crippen LogP contribution is -2.49. The minimum absolute atomic E-state index is 0.176. The topological polar surface area (TPSA) is 74.3 Å². The van der Waals surface area contributed by atoms with Crippen LogP contribution in [0, 0.1) is 18.8 Å². The number of piperidine rings is 1. The van der Waals surface area contributed by atoms with E-state index in [0.717, 1.165) is 23.8 Å². The Bertz CT molecular complexity index is 521. The summed E-state index contributed by atoms with van der Waals surface area (Å²) >= 11 is 1.45. The molecule has 0 radical (unpaired) electrons. The molecule has 1 saturated heterocycles. The van der Waals surface area contributed by atoms with E-state index in [2.05, 4.69) is 34.6 Å². The minimum atomic E-state index is -0.247. The van der Waals surface area contributed by atoms with E-state index in [4.69, 9.17) is 0 Å². The van der Waals surface area contributed by atoms with Crippen molar-refractivity contribution in [3.05, 3.63) is 16.1 Å². The largest absolute Gasteiger partial charge is 0.294 e. The molecule has 1 aliphatic rings. The molecule has 2 heterocycles. The second-order valence-electron chi connectivity index (χ2n) is 6.30. The lowest BCUT2D eigenvalue weighted by molar-refractivity contribution is -0.129. The molecule has 122 valence electrons. The quantitative estimate of drug-likeness (QED) is 0.814. The van der Waals surface area contributed by atoms with Gasteiger partial charge in [0.1, 0.15) is 5.01 Å². The molecule has 1 fully saturated rings. The first-order chi connectivity index (χ1) is 10.4. The fourth-order valence-corrected chi connectivity index (χ4v) is 3.74. The first-order valence-electron chi connectivity index (χ1n) is 7.63.